The second kappa shape index (κ2) is 7.15. The molecule has 1 amide bonds. The van der Waals surface area contributed by atoms with Gasteiger partial charge in [-0.3, -0.25) is 9.59 Å². The number of hydrogen-bond acceptors (Lipinski definition) is 3. The first-order chi connectivity index (χ1) is 9.77. The summed E-state index contributed by atoms with van der Waals surface area (Å²) in [6.07, 6.45) is -1.70. The van der Waals surface area contributed by atoms with E-state index in [1.54, 1.807) is 4.98 Å². The summed E-state index contributed by atoms with van der Waals surface area (Å²) in [7, 11) is 0. The molecule has 4 N–H and O–H groups in total. The minimum Gasteiger partial charge on any atom is -0.349 e. The van der Waals surface area contributed by atoms with Crippen LogP contribution < -0.4 is 16.6 Å². The Morgan fingerprint density at radius 3 is 2.32 bits per heavy atom. The molecule has 1 aromatic rings. The van der Waals surface area contributed by atoms with Crippen LogP contribution in [0.5, 0.6) is 0 Å². The SMILES string of the molecule is Cl.NC1CCC(NC(=O)c2ccc(C(F)(F)F)[nH]c2=O)CC1. The van der Waals surface area contributed by atoms with Crippen molar-refractivity contribution in [3.63, 3.8) is 0 Å². The van der Waals surface area contributed by atoms with E-state index in [4.69, 9.17) is 5.73 Å². The van der Waals surface area contributed by atoms with Crippen LogP contribution in [-0.4, -0.2) is 23.0 Å². The van der Waals surface area contributed by atoms with E-state index in [0.717, 1.165) is 18.9 Å². The first-order valence-electron chi connectivity index (χ1n) is 6.64. The molecule has 1 heterocycles. The zero-order valence-electron chi connectivity index (χ0n) is 11.6. The highest BCUT2D eigenvalue weighted by Crippen LogP contribution is 2.26. The van der Waals surface area contributed by atoms with Gasteiger partial charge >= 0.3 is 6.18 Å². The summed E-state index contributed by atoms with van der Waals surface area (Å²) in [5, 5.41) is 2.66. The number of carbonyl (C=O) groups excluding carboxylic acids is 1. The molecule has 0 saturated heterocycles. The molecule has 2 rings (SSSR count). The number of alkyl halides is 3. The molecular formula is C13H17ClF3N3O2. The van der Waals surface area contributed by atoms with Gasteiger partial charge in [-0.1, -0.05) is 0 Å². The van der Waals surface area contributed by atoms with Crippen LogP contribution in [0.1, 0.15) is 41.7 Å². The second-order valence-corrected chi connectivity index (χ2v) is 5.20. The van der Waals surface area contributed by atoms with Crippen LogP contribution in [0.4, 0.5) is 13.2 Å². The molecule has 5 nitrogen and oxygen atoms in total. The highest BCUT2D eigenvalue weighted by atomic mass is 35.5. The average Bonchev–Trinajstić information content (AvgIpc) is 2.40. The third-order valence-corrected chi connectivity index (χ3v) is 3.57. The first-order valence-corrected chi connectivity index (χ1v) is 6.64. The van der Waals surface area contributed by atoms with Crippen molar-refractivity contribution in [1.82, 2.24) is 10.3 Å². The molecule has 1 aliphatic carbocycles. The van der Waals surface area contributed by atoms with Crippen LogP contribution in [0, 0.1) is 0 Å². The van der Waals surface area contributed by atoms with Crippen molar-refractivity contribution in [2.24, 2.45) is 5.73 Å². The highest BCUT2D eigenvalue weighted by Gasteiger charge is 2.32. The van der Waals surface area contributed by atoms with Gasteiger partial charge in [0.05, 0.1) is 0 Å². The molecule has 0 atom stereocenters. The van der Waals surface area contributed by atoms with E-state index in [2.05, 4.69) is 5.32 Å². The Hall–Kier alpha value is -1.54. The number of H-pyrrole nitrogens is 1. The van der Waals surface area contributed by atoms with Crippen molar-refractivity contribution in [2.75, 3.05) is 0 Å². The Morgan fingerprint density at radius 1 is 1.23 bits per heavy atom. The monoisotopic (exact) mass is 339 g/mol. The second-order valence-electron chi connectivity index (χ2n) is 5.20. The van der Waals surface area contributed by atoms with Gasteiger partial charge in [-0.15, -0.1) is 12.4 Å². The Kier molecular flexibility index (Phi) is 6.01. The molecule has 22 heavy (non-hydrogen) atoms. The molecule has 0 aromatic carbocycles. The molecule has 1 fully saturated rings. The number of rotatable bonds is 2. The van der Waals surface area contributed by atoms with Crippen molar-refractivity contribution >= 4 is 18.3 Å². The van der Waals surface area contributed by atoms with Crippen molar-refractivity contribution in [3.05, 3.63) is 33.7 Å². The fourth-order valence-corrected chi connectivity index (χ4v) is 2.34. The number of aromatic nitrogens is 1. The summed E-state index contributed by atoms with van der Waals surface area (Å²) in [4.78, 5) is 25.2. The van der Waals surface area contributed by atoms with Gasteiger partial charge in [0.1, 0.15) is 11.3 Å². The quantitative estimate of drug-likeness (QED) is 0.768. The van der Waals surface area contributed by atoms with Gasteiger partial charge < -0.3 is 16.0 Å². The van der Waals surface area contributed by atoms with E-state index in [0.29, 0.717) is 18.9 Å². The summed E-state index contributed by atoms with van der Waals surface area (Å²) in [5.74, 6) is -0.662. The van der Waals surface area contributed by atoms with Crippen molar-refractivity contribution < 1.29 is 18.0 Å². The number of nitrogens with one attached hydrogen (secondary N) is 2. The molecule has 1 aromatic heterocycles. The van der Waals surface area contributed by atoms with E-state index in [9.17, 15) is 22.8 Å². The number of aromatic amines is 1. The van der Waals surface area contributed by atoms with Crippen LogP contribution in [0.15, 0.2) is 16.9 Å². The van der Waals surface area contributed by atoms with Crippen LogP contribution in [0.2, 0.25) is 0 Å². The zero-order chi connectivity index (χ0) is 15.6. The number of pyridine rings is 1. The maximum Gasteiger partial charge on any atom is 0.431 e. The first kappa shape index (κ1) is 18.5. The summed E-state index contributed by atoms with van der Waals surface area (Å²) in [6, 6.07) is 1.60. The fraction of sp³-hybridized carbons (Fsp3) is 0.538. The lowest BCUT2D eigenvalue weighted by atomic mass is 9.91. The predicted molar refractivity (Wildman–Crippen MR) is 77.0 cm³/mol. The number of carbonyl (C=O) groups is 1. The lowest BCUT2D eigenvalue weighted by molar-refractivity contribution is -0.141. The molecule has 1 saturated carbocycles. The Balaban J connectivity index is 0.00000242. The summed E-state index contributed by atoms with van der Waals surface area (Å²) in [5.41, 5.74) is 3.20. The minimum absolute atomic E-state index is 0. The van der Waals surface area contributed by atoms with E-state index in [-0.39, 0.29) is 30.1 Å². The topological polar surface area (TPSA) is 88.0 Å². The van der Waals surface area contributed by atoms with Gasteiger partial charge in [0, 0.05) is 12.1 Å². The van der Waals surface area contributed by atoms with E-state index in [1.807, 2.05) is 0 Å². The molecule has 0 spiro atoms. The lowest BCUT2D eigenvalue weighted by Gasteiger charge is -2.26. The van der Waals surface area contributed by atoms with Crippen LogP contribution in [-0.2, 0) is 6.18 Å². The van der Waals surface area contributed by atoms with Crippen LogP contribution in [0.3, 0.4) is 0 Å². The van der Waals surface area contributed by atoms with Crippen molar-refractivity contribution in [3.8, 4) is 0 Å². The van der Waals surface area contributed by atoms with E-state index >= 15 is 0 Å². The number of hydrogen-bond donors (Lipinski definition) is 3. The zero-order valence-corrected chi connectivity index (χ0v) is 12.4. The molecule has 0 unspecified atom stereocenters. The van der Waals surface area contributed by atoms with Gasteiger partial charge in [-0.2, -0.15) is 13.2 Å². The Labute approximate surface area is 130 Å². The summed E-state index contributed by atoms with van der Waals surface area (Å²) in [6.45, 7) is 0. The molecule has 0 aliphatic heterocycles. The van der Waals surface area contributed by atoms with Gasteiger partial charge in [0.15, 0.2) is 0 Å². The van der Waals surface area contributed by atoms with Crippen LogP contribution >= 0.6 is 12.4 Å². The summed E-state index contributed by atoms with van der Waals surface area (Å²) >= 11 is 0. The molecule has 124 valence electrons. The Morgan fingerprint density at radius 2 is 1.82 bits per heavy atom. The van der Waals surface area contributed by atoms with Crippen molar-refractivity contribution in [2.45, 2.75) is 43.9 Å². The normalized spacial score (nSPS) is 21.8. The highest BCUT2D eigenvalue weighted by molar-refractivity contribution is 5.94. The molecule has 9 heteroatoms. The molecular weight excluding hydrogens is 323 g/mol. The van der Waals surface area contributed by atoms with Gasteiger partial charge in [-0.05, 0) is 37.8 Å². The van der Waals surface area contributed by atoms with E-state index < -0.39 is 23.3 Å². The standard InChI is InChI=1S/C13H16F3N3O2.ClH/c14-13(15,16)10-6-5-9(12(21)19-10)11(20)18-8-3-1-7(17)2-4-8;/h5-8H,1-4,17H2,(H,18,20)(H,19,21);1H. The fourth-order valence-electron chi connectivity index (χ4n) is 2.34. The third-order valence-electron chi connectivity index (χ3n) is 3.57. The van der Waals surface area contributed by atoms with Crippen molar-refractivity contribution in [1.29, 1.82) is 0 Å². The van der Waals surface area contributed by atoms with Crippen LogP contribution in [0.25, 0.3) is 0 Å². The maximum absolute atomic E-state index is 12.4. The third kappa shape index (κ3) is 4.48. The summed E-state index contributed by atoms with van der Waals surface area (Å²) < 4.78 is 37.3. The minimum atomic E-state index is -4.65. The predicted octanol–water partition coefficient (Wildman–Crippen LogP) is 1.82. The van der Waals surface area contributed by atoms with Gasteiger partial charge in [0.2, 0.25) is 0 Å². The number of amides is 1. The molecule has 0 radical (unpaired) electrons. The van der Waals surface area contributed by atoms with E-state index in [1.165, 1.54) is 0 Å². The largest absolute Gasteiger partial charge is 0.431 e. The Bertz CT molecular complexity index is 581. The maximum atomic E-state index is 12.4. The number of nitrogens with two attached hydrogens (primary N) is 1. The molecule has 1 aliphatic rings. The van der Waals surface area contributed by atoms with Gasteiger partial charge in [0.25, 0.3) is 11.5 Å². The lowest BCUT2D eigenvalue weighted by Crippen LogP contribution is -2.42. The smallest absolute Gasteiger partial charge is 0.349 e. The van der Waals surface area contributed by atoms with Gasteiger partial charge in [-0.25, -0.2) is 0 Å². The number of halogens is 4. The average molecular weight is 340 g/mol. The molecule has 0 bridgehead atoms.